The number of carbonyl (C=O) groups excluding carboxylic acids is 1. The third-order valence-electron chi connectivity index (χ3n) is 2.04. The second kappa shape index (κ2) is 6.14. The van der Waals surface area contributed by atoms with Crippen LogP contribution in [0.4, 0.5) is 4.39 Å². The Morgan fingerprint density at radius 3 is 2.80 bits per heavy atom. The first kappa shape index (κ1) is 11.7. The Hall–Kier alpha value is -1.42. The minimum absolute atomic E-state index is 0.0763. The van der Waals surface area contributed by atoms with Gasteiger partial charge < -0.3 is 10.6 Å². The fraction of sp³-hybridized carbons (Fsp3) is 0.364. The van der Waals surface area contributed by atoms with E-state index in [1.54, 1.807) is 25.2 Å². The number of carbonyl (C=O) groups is 1. The Morgan fingerprint density at radius 1 is 1.40 bits per heavy atom. The number of nitrogens with one attached hydrogen (secondary N) is 2. The lowest BCUT2D eigenvalue weighted by molar-refractivity contribution is -0.121. The van der Waals surface area contributed by atoms with Crippen LogP contribution in [0.5, 0.6) is 0 Å². The average molecular weight is 210 g/mol. The molecule has 3 nitrogen and oxygen atoms in total. The van der Waals surface area contributed by atoms with Crippen LogP contribution in [-0.2, 0) is 11.3 Å². The highest BCUT2D eigenvalue weighted by atomic mass is 19.1. The van der Waals surface area contributed by atoms with Gasteiger partial charge >= 0.3 is 0 Å². The molecule has 4 heteroatoms. The van der Waals surface area contributed by atoms with Gasteiger partial charge in [-0.05, 0) is 13.1 Å². The Morgan fingerprint density at radius 2 is 2.13 bits per heavy atom. The van der Waals surface area contributed by atoms with Crippen molar-refractivity contribution < 1.29 is 9.18 Å². The van der Waals surface area contributed by atoms with E-state index in [-0.39, 0.29) is 18.3 Å². The monoisotopic (exact) mass is 210 g/mol. The topological polar surface area (TPSA) is 41.1 Å². The van der Waals surface area contributed by atoms with Crippen LogP contribution in [0.3, 0.4) is 0 Å². The van der Waals surface area contributed by atoms with Crippen LogP contribution < -0.4 is 10.6 Å². The predicted octanol–water partition coefficient (Wildman–Crippen LogP) is 1.05. The number of rotatable bonds is 5. The zero-order chi connectivity index (χ0) is 11.1. The number of hydrogen-bond acceptors (Lipinski definition) is 2. The molecule has 0 bridgehead atoms. The van der Waals surface area contributed by atoms with Gasteiger partial charge in [-0.15, -0.1) is 0 Å². The summed E-state index contributed by atoms with van der Waals surface area (Å²) in [6, 6.07) is 6.42. The Balaban J connectivity index is 2.37. The van der Waals surface area contributed by atoms with Gasteiger partial charge in [0.2, 0.25) is 5.91 Å². The molecular weight excluding hydrogens is 195 g/mol. The Bertz CT molecular complexity index is 328. The molecule has 0 aliphatic carbocycles. The van der Waals surface area contributed by atoms with Gasteiger partial charge in [0.1, 0.15) is 5.82 Å². The number of hydrogen-bond donors (Lipinski definition) is 2. The van der Waals surface area contributed by atoms with E-state index >= 15 is 0 Å². The lowest BCUT2D eigenvalue weighted by Gasteiger charge is -2.05. The molecule has 1 aromatic carbocycles. The quantitative estimate of drug-likeness (QED) is 0.762. The molecule has 0 fully saturated rings. The SMILES string of the molecule is CNCCC(=O)NCc1ccccc1F. The molecule has 1 aromatic rings. The Kier molecular flexibility index (Phi) is 4.77. The van der Waals surface area contributed by atoms with Gasteiger partial charge in [-0.1, -0.05) is 18.2 Å². The van der Waals surface area contributed by atoms with E-state index < -0.39 is 0 Å². The van der Waals surface area contributed by atoms with Crippen LogP contribution >= 0.6 is 0 Å². The molecule has 0 aliphatic rings. The fourth-order valence-corrected chi connectivity index (χ4v) is 1.16. The summed E-state index contributed by atoms with van der Waals surface area (Å²) in [5.41, 5.74) is 0.510. The summed E-state index contributed by atoms with van der Waals surface area (Å²) in [6.45, 7) is 0.873. The highest BCUT2D eigenvalue weighted by Crippen LogP contribution is 2.05. The van der Waals surface area contributed by atoms with Gasteiger partial charge in [0.05, 0.1) is 0 Å². The molecule has 0 spiro atoms. The van der Waals surface area contributed by atoms with Crippen molar-refractivity contribution in [2.75, 3.05) is 13.6 Å². The highest BCUT2D eigenvalue weighted by molar-refractivity contribution is 5.76. The molecule has 1 amide bonds. The molecule has 2 N–H and O–H groups in total. The molecule has 0 atom stereocenters. The van der Waals surface area contributed by atoms with Crippen LogP contribution in [0.25, 0.3) is 0 Å². The lowest BCUT2D eigenvalue weighted by atomic mass is 10.2. The average Bonchev–Trinajstić information content (AvgIpc) is 2.25. The molecule has 0 heterocycles. The van der Waals surface area contributed by atoms with Crippen molar-refractivity contribution in [1.82, 2.24) is 10.6 Å². The van der Waals surface area contributed by atoms with Crippen molar-refractivity contribution >= 4 is 5.91 Å². The third-order valence-corrected chi connectivity index (χ3v) is 2.04. The summed E-state index contributed by atoms with van der Waals surface area (Å²) >= 11 is 0. The number of benzene rings is 1. The summed E-state index contributed by atoms with van der Waals surface area (Å²) in [7, 11) is 1.78. The van der Waals surface area contributed by atoms with E-state index in [1.165, 1.54) is 6.07 Å². The highest BCUT2D eigenvalue weighted by Gasteiger charge is 2.03. The summed E-state index contributed by atoms with van der Waals surface area (Å²) in [5, 5.41) is 5.53. The summed E-state index contributed by atoms with van der Waals surface area (Å²) < 4.78 is 13.1. The van der Waals surface area contributed by atoms with Crippen LogP contribution in [-0.4, -0.2) is 19.5 Å². The maximum Gasteiger partial charge on any atom is 0.221 e. The minimum atomic E-state index is -0.286. The van der Waals surface area contributed by atoms with Gasteiger partial charge in [0.25, 0.3) is 0 Å². The first-order valence-corrected chi connectivity index (χ1v) is 4.88. The molecule has 82 valence electrons. The van der Waals surface area contributed by atoms with Crippen LogP contribution in [0.2, 0.25) is 0 Å². The van der Waals surface area contributed by atoms with Crippen molar-refractivity contribution in [3.63, 3.8) is 0 Å². The van der Waals surface area contributed by atoms with Crippen LogP contribution in [0, 0.1) is 5.82 Å². The normalized spacial score (nSPS) is 10.0. The number of halogens is 1. The van der Waals surface area contributed by atoms with Crippen LogP contribution in [0.1, 0.15) is 12.0 Å². The molecule has 0 saturated carbocycles. The summed E-state index contributed by atoms with van der Waals surface area (Å²) in [4.78, 5) is 11.2. The van der Waals surface area contributed by atoms with Crippen molar-refractivity contribution in [1.29, 1.82) is 0 Å². The molecule has 0 unspecified atom stereocenters. The largest absolute Gasteiger partial charge is 0.352 e. The summed E-state index contributed by atoms with van der Waals surface area (Å²) in [5.74, 6) is -0.362. The molecule has 0 aliphatic heterocycles. The van der Waals surface area contributed by atoms with Gasteiger partial charge in [-0.25, -0.2) is 4.39 Å². The molecule has 0 saturated heterocycles. The van der Waals surface area contributed by atoms with Crippen LogP contribution in [0.15, 0.2) is 24.3 Å². The molecule has 0 radical (unpaired) electrons. The van der Waals surface area contributed by atoms with E-state index in [2.05, 4.69) is 10.6 Å². The van der Waals surface area contributed by atoms with E-state index in [0.717, 1.165) is 0 Å². The van der Waals surface area contributed by atoms with Gasteiger partial charge in [-0.3, -0.25) is 4.79 Å². The lowest BCUT2D eigenvalue weighted by Crippen LogP contribution is -2.26. The summed E-state index contributed by atoms with van der Waals surface area (Å²) in [6.07, 6.45) is 0.408. The maximum absolute atomic E-state index is 13.1. The van der Waals surface area contributed by atoms with Crippen molar-refractivity contribution in [3.05, 3.63) is 35.6 Å². The zero-order valence-electron chi connectivity index (χ0n) is 8.72. The van der Waals surface area contributed by atoms with E-state index in [9.17, 15) is 9.18 Å². The second-order valence-electron chi connectivity index (χ2n) is 3.22. The second-order valence-corrected chi connectivity index (χ2v) is 3.22. The standard InChI is InChI=1S/C11H15FN2O/c1-13-7-6-11(15)14-8-9-4-2-3-5-10(9)12/h2-5,13H,6-8H2,1H3,(H,14,15). The van der Waals surface area contributed by atoms with Crippen molar-refractivity contribution in [3.8, 4) is 0 Å². The first-order valence-electron chi connectivity index (χ1n) is 4.88. The number of amides is 1. The van der Waals surface area contributed by atoms with Crippen molar-refractivity contribution in [2.45, 2.75) is 13.0 Å². The predicted molar refractivity (Wildman–Crippen MR) is 56.8 cm³/mol. The molecule has 1 rings (SSSR count). The van der Waals surface area contributed by atoms with Gasteiger partial charge in [0, 0.05) is 25.1 Å². The molecule has 15 heavy (non-hydrogen) atoms. The molecular formula is C11H15FN2O. The van der Waals surface area contributed by atoms with E-state index in [0.29, 0.717) is 18.5 Å². The van der Waals surface area contributed by atoms with Gasteiger partial charge in [-0.2, -0.15) is 0 Å². The third kappa shape index (κ3) is 4.08. The zero-order valence-corrected chi connectivity index (χ0v) is 8.72. The smallest absolute Gasteiger partial charge is 0.221 e. The fourth-order valence-electron chi connectivity index (χ4n) is 1.16. The molecule has 0 aromatic heterocycles. The van der Waals surface area contributed by atoms with E-state index in [1.807, 2.05) is 0 Å². The minimum Gasteiger partial charge on any atom is -0.352 e. The van der Waals surface area contributed by atoms with Gasteiger partial charge in [0.15, 0.2) is 0 Å². The Labute approximate surface area is 88.7 Å². The first-order chi connectivity index (χ1) is 7.24. The van der Waals surface area contributed by atoms with Crippen molar-refractivity contribution in [2.24, 2.45) is 0 Å². The van der Waals surface area contributed by atoms with E-state index in [4.69, 9.17) is 0 Å². The maximum atomic E-state index is 13.1.